The lowest BCUT2D eigenvalue weighted by Gasteiger charge is -2.19. The molecule has 7 heteroatoms. The molecule has 2 amide bonds. The molecule has 0 radical (unpaired) electrons. The number of amides is 2. The highest BCUT2D eigenvalue weighted by Gasteiger charge is 2.14. The molecule has 0 aliphatic carbocycles. The number of hydrogen-bond acceptors (Lipinski definition) is 4. The Labute approximate surface area is 134 Å². The molecule has 1 aliphatic heterocycles. The molecule has 2 aromatic rings. The molecule has 1 atom stereocenters. The van der Waals surface area contributed by atoms with Crippen LogP contribution in [-0.2, 0) is 6.42 Å². The number of carbonyl (C=O) groups is 1. The van der Waals surface area contributed by atoms with E-state index in [0.717, 1.165) is 11.4 Å². The fourth-order valence-corrected chi connectivity index (χ4v) is 2.46. The van der Waals surface area contributed by atoms with Crippen LogP contribution in [0.3, 0.4) is 0 Å². The van der Waals surface area contributed by atoms with Crippen molar-refractivity contribution >= 4 is 11.7 Å². The maximum Gasteiger partial charge on any atom is 0.319 e. The summed E-state index contributed by atoms with van der Waals surface area (Å²) in [5.74, 6) is 1.35. The van der Waals surface area contributed by atoms with Crippen molar-refractivity contribution in [2.24, 2.45) is 0 Å². The van der Waals surface area contributed by atoms with E-state index in [1.54, 1.807) is 18.2 Å². The highest BCUT2D eigenvalue weighted by atomic mass is 16.6. The molecule has 3 N–H and O–H groups in total. The van der Waals surface area contributed by atoms with Crippen LogP contribution in [0.1, 0.15) is 18.3 Å². The fourth-order valence-electron chi connectivity index (χ4n) is 2.46. The number of aryl methyl sites for hydroxylation is 1. The minimum atomic E-state index is -0.263. The van der Waals surface area contributed by atoms with Gasteiger partial charge in [0.2, 0.25) is 0 Å². The monoisotopic (exact) mass is 316 g/mol. The van der Waals surface area contributed by atoms with E-state index in [9.17, 15) is 4.79 Å². The van der Waals surface area contributed by atoms with Gasteiger partial charge in [-0.05, 0) is 32.0 Å². The molecule has 0 unspecified atom stereocenters. The SMILES string of the molecule is Cc1cc(C[C@H](C)NC(=O)Nc2ccc3c(c2)OCCO3)n[nH]1. The Hall–Kier alpha value is -2.70. The maximum atomic E-state index is 12.1. The largest absolute Gasteiger partial charge is 0.486 e. The quantitative estimate of drug-likeness (QED) is 0.807. The van der Waals surface area contributed by atoms with Gasteiger partial charge in [0.15, 0.2) is 11.5 Å². The van der Waals surface area contributed by atoms with Gasteiger partial charge in [-0.15, -0.1) is 0 Å². The van der Waals surface area contributed by atoms with Gasteiger partial charge in [-0.3, -0.25) is 5.10 Å². The predicted molar refractivity (Wildman–Crippen MR) is 86.1 cm³/mol. The van der Waals surface area contributed by atoms with Crippen molar-refractivity contribution in [2.45, 2.75) is 26.3 Å². The van der Waals surface area contributed by atoms with Crippen LogP contribution in [-0.4, -0.2) is 35.5 Å². The first kappa shape index (κ1) is 15.2. The number of nitrogens with one attached hydrogen (secondary N) is 3. The summed E-state index contributed by atoms with van der Waals surface area (Å²) in [5, 5.41) is 12.8. The van der Waals surface area contributed by atoms with Crippen molar-refractivity contribution in [3.05, 3.63) is 35.7 Å². The zero-order valence-corrected chi connectivity index (χ0v) is 13.2. The lowest BCUT2D eigenvalue weighted by Crippen LogP contribution is -2.37. The molecule has 1 aromatic carbocycles. The summed E-state index contributed by atoms with van der Waals surface area (Å²) in [6, 6.07) is 7.01. The van der Waals surface area contributed by atoms with Gasteiger partial charge in [-0.25, -0.2) is 4.79 Å². The number of urea groups is 1. The van der Waals surface area contributed by atoms with Crippen LogP contribution in [0, 0.1) is 6.92 Å². The molecule has 0 saturated heterocycles. The average Bonchev–Trinajstić information content (AvgIpc) is 2.91. The van der Waals surface area contributed by atoms with Crippen LogP contribution >= 0.6 is 0 Å². The van der Waals surface area contributed by atoms with Gasteiger partial charge < -0.3 is 20.1 Å². The first-order valence-electron chi connectivity index (χ1n) is 7.58. The molecule has 1 aliphatic rings. The molecule has 23 heavy (non-hydrogen) atoms. The summed E-state index contributed by atoms with van der Waals surface area (Å²) in [4.78, 5) is 12.1. The van der Waals surface area contributed by atoms with Crippen molar-refractivity contribution < 1.29 is 14.3 Å². The minimum Gasteiger partial charge on any atom is -0.486 e. The second-order valence-electron chi connectivity index (χ2n) is 5.60. The lowest BCUT2D eigenvalue weighted by atomic mass is 10.2. The average molecular weight is 316 g/mol. The molecule has 0 saturated carbocycles. The van der Waals surface area contributed by atoms with Crippen molar-refractivity contribution in [2.75, 3.05) is 18.5 Å². The number of benzene rings is 1. The molecule has 1 aromatic heterocycles. The summed E-state index contributed by atoms with van der Waals surface area (Å²) >= 11 is 0. The molecule has 7 nitrogen and oxygen atoms in total. The predicted octanol–water partition coefficient (Wildman–Crippen LogP) is 2.24. The highest BCUT2D eigenvalue weighted by Crippen LogP contribution is 2.32. The number of anilines is 1. The maximum absolute atomic E-state index is 12.1. The fraction of sp³-hybridized carbons (Fsp3) is 0.375. The molecule has 3 rings (SSSR count). The van der Waals surface area contributed by atoms with Crippen molar-refractivity contribution in [3.8, 4) is 11.5 Å². The van der Waals surface area contributed by atoms with Crippen LogP contribution in [0.5, 0.6) is 11.5 Å². The Morgan fingerprint density at radius 3 is 2.83 bits per heavy atom. The Morgan fingerprint density at radius 2 is 2.09 bits per heavy atom. The molecular weight excluding hydrogens is 296 g/mol. The number of aromatic amines is 1. The van der Waals surface area contributed by atoms with Crippen molar-refractivity contribution in [1.82, 2.24) is 15.5 Å². The summed E-state index contributed by atoms with van der Waals surface area (Å²) in [7, 11) is 0. The van der Waals surface area contributed by atoms with E-state index >= 15 is 0 Å². The van der Waals surface area contributed by atoms with Gasteiger partial charge in [0.05, 0.1) is 5.69 Å². The van der Waals surface area contributed by atoms with E-state index < -0.39 is 0 Å². The first-order chi connectivity index (χ1) is 11.1. The number of hydrogen-bond donors (Lipinski definition) is 3. The number of H-pyrrole nitrogens is 1. The topological polar surface area (TPSA) is 88.3 Å². The number of ether oxygens (including phenoxy) is 2. The number of nitrogens with zero attached hydrogens (tertiary/aromatic N) is 1. The van der Waals surface area contributed by atoms with Gasteiger partial charge in [-0.1, -0.05) is 0 Å². The standard InChI is InChI=1S/C16H20N4O3/c1-10(7-13-8-11(2)19-20-13)17-16(21)18-12-3-4-14-15(9-12)23-6-5-22-14/h3-4,8-10H,5-7H2,1-2H3,(H,19,20)(H2,17,18,21)/t10-/m0/s1. The van der Waals surface area contributed by atoms with Crippen LogP contribution < -0.4 is 20.1 Å². The van der Waals surface area contributed by atoms with Crippen LogP contribution in [0.25, 0.3) is 0 Å². The summed E-state index contributed by atoms with van der Waals surface area (Å²) < 4.78 is 11.0. The van der Waals surface area contributed by atoms with E-state index in [1.165, 1.54) is 0 Å². The summed E-state index contributed by atoms with van der Waals surface area (Å²) in [6.07, 6.45) is 0.666. The molecule has 0 fully saturated rings. The van der Waals surface area contributed by atoms with Crippen LogP contribution in [0.15, 0.2) is 24.3 Å². The first-order valence-corrected chi connectivity index (χ1v) is 7.58. The van der Waals surface area contributed by atoms with Gasteiger partial charge >= 0.3 is 6.03 Å². The molecule has 0 bridgehead atoms. The Morgan fingerprint density at radius 1 is 1.30 bits per heavy atom. The van der Waals surface area contributed by atoms with E-state index in [2.05, 4.69) is 20.8 Å². The van der Waals surface area contributed by atoms with Gasteiger partial charge in [0, 0.05) is 29.9 Å². The Bertz CT molecular complexity index is 698. The smallest absolute Gasteiger partial charge is 0.319 e. The zero-order valence-electron chi connectivity index (χ0n) is 13.2. The van der Waals surface area contributed by atoms with Crippen molar-refractivity contribution in [3.63, 3.8) is 0 Å². The molecule has 2 heterocycles. The Balaban J connectivity index is 1.54. The number of aromatic nitrogens is 2. The van der Waals surface area contributed by atoms with E-state index in [0.29, 0.717) is 36.8 Å². The van der Waals surface area contributed by atoms with E-state index in [4.69, 9.17) is 9.47 Å². The second kappa shape index (κ2) is 6.60. The second-order valence-corrected chi connectivity index (χ2v) is 5.60. The third-order valence-corrected chi connectivity index (χ3v) is 3.45. The van der Waals surface area contributed by atoms with Crippen LogP contribution in [0.2, 0.25) is 0 Å². The zero-order chi connectivity index (χ0) is 16.2. The van der Waals surface area contributed by atoms with E-state index in [1.807, 2.05) is 19.9 Å². The van der Waals surface area contributed by atoms with Gasteiger partial charge in [0.1, 0.15) is 13.2 Å². The lowest BCUT2D eigenvalue weighted by molar-refractivity contribution is 0.171. The number of fused-ring (bicyclic) bond motifs is 1. The third kappa shape index (κ3) is 3.94. The summed E-state index contributed by atoms with van der Waals surface area (Å²) in [6.45, 7) is 4.95. The van der Waals surface area contributed by atoms with Gasteiger partial charge in [0.25, 0.3) is 0 Å². The molecule has 122 valence electrons. The number of rotatable bonds is 4. The Kier molecular flexibility index (Phi) is 4.36. The van der Waals surface area contributed by atoms with Gasteiger partial charge in [-0.2, -0.15) is 5.10 Å². The summed E-state index contributed by atoms with van der Waals surface area (Å²) in [5.41, 5.74) is 2.59. The normalized spacial score (nSPS) is 14.2. The molecule has 0 spiro atoms. The highest BCUT2D eigenvalue weighted by molar-refractivity contribution is 5.89. The third-order valence-electron chi connectivity index (χ3n) is 3.45. The van der Waals surface area contributed by atoms with Crippen LogP contribution in [0.4, 0.5) is 10.5 Å². The van der Waals surface area contributed by atoms with E-state index in [-0.39, 0.29) is 12.1 Å². The van der Waals surface area contributed by atoms with Crippen molar-refractivity contribution in [1.29, 1.82) is 0 Å². The number of carbonyl (C=O) groups excluding carboxylic acids is 1. The minimum absolute atomic E-state index is 0.0325. The molecular formula is C16H20N4O3.